The Bertz CT molecular complexity index is 669. The van der Waals surface area contributed by atoms with Crippen molar-refractivity contribution < 1.29 is 18.1 Å². The lowest BCUT2D eigenvalue weighted by Crippen LogP contribution is -2.06. The third-order valence-corrected chi connectivity index (χ3v) is 3.17. The van der Waals surface area contributed by atoms with Crippen molar-refractivity contribution in [2.75, 3.05) is 5.43 Å². The van der Waals surface area contributed by atoms with E-state index >= 15 is 0 Å². The van der Waals surface area contributed by atoms with Crippen LogP contribution in [0.4, 0.5) is 24.5 Å². The second kappa shape index (κ2) is 5.92. The molecular formula is C12H8F3N3O2S. The fourth-order valence-electron chi connectivity index (χ4n) is 1.48. The van der Waals surface area contributed by atoms with Crippen LogP contribution in [0.1, 0.15) is 11.1 Å². The van der Waals surface area contributed by atoms with Gasteiger partial charge in [0.15, 0.2) is 0 Å². The average Bonchev–Trinajstić information content (AvgIpc) is 2.90. The zero-order valence-electron chi connectivity index (χ0n) is 10.3. The fraction of sp³-hybridized carbons (Fsp3) is 0.0833. The van der Waals surface area contributed by atoms with E-state index in [1.54, 1.807) is 11.4 Å². The molecule has 110 valence electrons. The predicted molar refractivity (Wildman–Crippen MR) is 73.6 cm³/mol. The Morgan fingerprint density at radius 1 is 1.33 bits per heavy atom. The van der Waals surface area contributed by atoms with Gasteiger partial charge in [0.1, 0.15) is 5.69 Å². The molecule has 0 radical (unpaired) electrons. The molecule has 0 fully saturated rings. The van der Waals surface area contributed by atoms with Crippen molar-refractivity contribution in [1.82, 2.24) is 0 Å². The Balaban J connectivity index is 2.25. The van der Waals surface area contributed by atoms with Crippen molar-refractivity contribution in [3.8, 4) is 0 Å². The van der Waals surface area contributed by atoms with Crippen LogP contribution >= 0.6 is 11.3 Å². The van der Waals surface area contributed by atoms with Gasteiger partial charge in [-0.1, -0.05) is 0 Å². The molecule has 5 nitrogen and oxygen atoms in total. The number of anilines is 1. The molecule has 9 heteroatoms. The zero-order chi connectivity index (χ0) is 15.5. The molecule has 0 saturated carbocycles. The van der Waals surface area contributed by atoms with Crippen LogP contribution in [0.15, 0.2) is 40.1 Å². The van der Waals surface area contributed by atoms with Crippen LogP contribution in [-0.4, -0.2) is 11.1 Å². The van der Waals surface area contributed by atoms with Crippen LogP contribution in [-0.2, 0) is 6.18 Å². The monoisotopic (exact) mass is 315 g/mol. The van der Waals surface area contributed by atoms with Crippen molar-refractivity contribution in [2.24, 2.45) is 5.10 Å². The van der Waals surface area contributed by atoms with Crippen LogP contribution < -0.4 is 5.43 Å². The number of thiophene rings is 1. The molecule has 0 saturated heterocycles. The normalized spacial score (nSPS) is 11.8. The maximum absolute atomic E-state index is 12.5. The molecule has 0 unspecified atom stereocenters. The van der Waals surface area contributed by atoms with E-state index in [1.807, 2.05) is 5.38 Å². The summed E-state index contributed by atoms with van der Waals surface area (Å²) in [6.07, 6.45) is -3.22. The Labute approximate surface area is 120 Å². The van der Waals surface area contributed by atoms with Crippen LogP contribution in [0.5, 0.6) is 0 Å². The molecular weight excluding hydrogens is 307 g/mol. The van der Waals surface area contributed by atoms with E-state index in [0.29, 0.717) is 6.07 Å². The molecule has 1 aromatic heterocycles. The van der Waals surface area contributed by atoms with Crippen LogP contribution in [0.2, 0.25) is 0 Å². The van der Waals surface area contributed by atoms with Crippen molar-refractivity contribution >= 4 is 28.9 Å². The van der Waals surface area contributed by atoms with Crippen molar-refractivity contribution in [2.45, 2.75) is 6.18 Å². The van der Waals surface area contributed by atoms with Gasteiger partial charge < -0.3 is 0 Å². The van der Waals surface area contributed by atoms with Crippen molar-refractivity contribution in [1.29, 1.82) is 0 Å². The van der Waals surface area contributed by atoms with Gasteiger partial charge in [0, 0.05) is 11.6 Å². The minimum absolute atomic E-state index is 0.112. The molecule has 0 amide bonds. The van der Waals surface area contributed by atoms with E-state index in [4.69, 9.17) is 0 Å². The Kier molecular flexibility index (Phi) is 4.22. The van der Waals surface area contributed by atoms with Gasteiger partial charge in [0.05, 0.1) is 16.7 Å². The Morgan fingerprint density at radius 3 is 2.67 bits per heavy atom. The first-order chi connectivity index (χ1) is 9.88. The highest BCUT2D eigenvalue weighted by Gasteiger charge is 2.33. The standard InChI is InChI=1S/C12H8F3N3O2S/c13-12(14,15)9-1-2-10(11(5-9)18(19)20)17-16-6-8-3-4-21-7-8/h1-7,17H/b16-6+. The van der Waals surface area contributed by atoms with Crippen LogP contribution in [0.3, 0.4) is 0 Å². The number of alkyl halides is 3. The number of hydrogen-bond donors (Lipinski definition) is 1. The number of hydrazone groups is 1. The molecule has 1 aromatic carbocycles. The van der Waals surface area contributed by atoms with Gasteiger partial charge in [-0.2, -0.15) is 29.6 Å². The molecule has 0 aliphatic rings. The molecule has 21 heavy (non-hydrogen) atoms. The number of halogens is 3. The molecule has 2 rings (SSSR count). The first-order valence-corrected chi connectivity index (χ1v) is 6.49. The lowest BCUT2D eigenvalue weighted by atomic mass is 10.1. The number of nitrogens with zero attached hydrogens (tertiary/aromatic N) is 2. The van der Waals surface area contributed by atoms with E-state index in [-0.39, 0.29) is 5.69 Å². The van der Waals surface area contributed by atoms with Gasteiger partial charge in [0.2, 0.25) is 0 Å². The summed E-state index contributed by atoms with van der Waals surface area (Å²) in [7, 11) is 0. The Morgan fingerprint density at radius 2 is 2.10 bits per heavy atom. The summed E-state index contributed by atoms with van der Waals surface area (Å²) < 4.78 is 37.6. The number of hydrogen-bond acceptors (Lipinski definition) is 5. The third kappa shape index (κ3) is 3.78. The van der Waals surface area contributed by atoms with Gasteiger partial charge in [-0.25, -0.2) is 0 Å². The van der Waals surface area contributed by atoms with E-state index in [1.165, 1.54) is 17.6 Å². The largest absolute Gasteiger partial charge is 0.416 e. The average molecular weight is 315 g/mol. The summed E-state index contributed by atoms with van der Waals surface area (Å²) in [6.45, 7) is 0. The molecule has 0 aliphatic heterocycles. The highest BCUT2D eigenvalue weighted by molar-refractivity contribution is 7.08. The molecule has 0 atom stereocenters. The molecule has 2 aromatic rings. The third-order valence-electron chi connectivity index (χ3n) is 2.46. The summed E-state index contributed by atoms with van der Waals surface area (Å²) in [5.41, 5.74) is 1.28. The minimum Gasteiger partial charge on any atom is -0.272 e. The van der Waals surface area contributed by atoms with Gasteiger partial charge in [0.25, 0.3) is 5.69 Å². The van der Waals surface area contributed by atoms with Crippen molar-refractivity contribution in [3.63, 3.8) is 0 Å². The zero-order valence-corrected chi connectivity index (χ0v) is 11.1. The number of nitro benzene ring substituents is 1. The maximum Gasteiger partial charge on any atom is 0.416 e. The highest BCUT2D eigenvalue weighted by atomic mass is 32.1. The van der Waals surface area contributed by atoms with E-state index < -0.39 is 22.4 Å². The summed E-state index contributed by atoms with van der Waals surface area (Å²) in [5.74, 6) is 0. The summed E-state index contributed by atoms with van der Waals surface area (Å²) >= 11 is 1.45. The van der Waals surface area contributed by atoms with E-state index in [0.717, 1.165) is 17.7 Å². The number of nitrogens with one attached hydrogen (secondary N) is 1. The molecule has 1 N–H and O–H groups in total. The Hall–Kier alpha value is -2.42. The van der Waals surface area contributed by atoms with Gasteiger partial charge in [-0.05, 0) is 29.0 Å². The molecule has 1 heterocycles. The topological polar surface area (TPSA) is 67.5 Å². The lowest BCUT2D eigenvalue weighted by Gasteiger charge is -2.08. The molecule has 0 bridgehead atoms. The minimum atomic E-state index is -4.64. The number of nitro groups is 1. The highest BCUT2D eigenvalue weighted by Crippen LogP contribution is 2.34. The van der Waals surface area contributed by atoms with E-state index in [9.17, 15) is 23.3 Å². The number of rotatable bonds is 4. The van der Waals surface area contributed by atoms with E-state index in [2.05, 4.69) is 10.5 Å². The van der Waals surface area contributed by atoms with Crippen LogP contribution in [0.25, 0.3) is 0 Å². The van der Waals surface area contributed by atoms with Crippen molar-refractivity contribution in [3.05, 3.63) is 56.3 Å². The summed E-state index contributed by atoms with van der Waals surface area (Å²) in [5, 5.41) is 18.2. The summed E-state index contributed by atoms with van der Waals surface area (Å²) in [6, 6.07) is 3.99. The second-order valence-corrected chi connectivity index (χ2v) is 4.69. The molecule has 0 spiro atoms. The van der Waals surface area contributed by atoms with Gasteiger partial charge in [-0.15, -0.1) is 0 Å². The first kappa shape index (κ1) is 15.0. The smallest absolute Gasteiger partial charge is 0.272 e. The predicted octanol–water partition coefficient (Wildman–Crippen LogP) is 4.12. The quantitative estimate of drug-likeness (QED) is 0.524. The summed E-state index contributed by atoms with van der Waals surface area (Å²) in [4.78, 5) is 9.95. The first-order valence-electron chi connectivity index (χ1n) is 5.55. The van der Waals surface area contributed by atoms with Gasteiger partial charge >= 0.3 is 6.18 Å². The SMILES string of the molecule is O=[N+]([O-])c1cc(C(F)(F)F)ccc1N/N=C/c1ccsc1. The number of benzene rings is 1. The van der Waals surface area contributed by atoms with Gasteiger partial charge in [-0.3, -0.25) is 15.5 Å². The maximum atomic E-state index is 12.5. The molecule has 0 aliphatic carbocycles. The van der Waals surface area contributed by atoms with Crippen LogP contribution in [0, 0.1) is 10.1 Å². The second-order valence-electron chi connectivity index (χ2n) is 3.91. The fourth-order valence-corrected chi connectivity index (χ4v) is 2.09. The lowest BCUT2D eigenvalue weighted by molar-refractivity contribution is -0.384.